The van der Waals surface area contributed by atoms with E-state index >= 15 is 0 Å². The molecule has 3 aromatic rings. The van der Waals surface area contributed by atoms with E-state index in [1.54, 1.807) is 19.9 Å². The number of fused-ring (bicyclic) bond motifs is 1. The predicted octanol–water partition coefficient (Wildman–Crippen LogP) is 2.35. The highest BCUT2D eigenvalue weighted by atomic mass is 16.5. The lowest BCUT2D eigenvalue weighted by atomic mass is 10.0. The second-order valence-electron chi connectivity index (χ2n) is 6.00. The van der Waals surface area contributed by atoms with Crippen LogP contribution in [0.4, 0.5) is 0 Å². The summed E-state index contributed by atoms with van der Waals surface area (Å²) < 4.78 is 10.0. The Morgan fingerprint density at radius 1 is 1.23 bits per heavy atom. The number of methoxy groups -OCH3 is 1. The summed E-state index contributed by atoms with van der Waals surface area (Å²) in [7, 11) is 1.30. The van der Waals surface area contributed by atoms with Gasteiger partial charge < -0.3 is 14.6 Å². The summed E-state index contributed by atoms with van der Waals surface area (Å²) in [6.45, 7) is 3.50. The second-order valence-corrected chi connectivity index (χ2v) is 6.00. The number of aromatic nitrogens is 2. The van der Waals surface area contributed by atoms with Crippen molar-refractivity contribution in [1.29, 1.82) is 0 Å². The third-order valence-electron chi connectivity index (χ3n) is 4.06. The van der Waals surface area contributed by atoms with Gasteiger partial charge in [0, 0.05) is 12.1 Å². The Morgan fingerprint density at radius 2 is 1.96 bits per heavy atom. The normalized spacial score (nSPS) is 12.0. The Bertz CT molecular complexity index is 950. The molecule has 1 N–H and O–H groups in total. The number of amides is 1. The van der Waals surface area contributed by atoms with Gasteiger partial charge in [-0.1, -0.05) is 35.5 Å². The highest BCUT2D eigenvalue weighted by molar-refractivity contribution is 6.07. The number of carbonyl (C=O) groups is 2. The van der Waals surface area contributed by atoms with E-state index < -0.39 is 17.9 Å². The zero-order valence-corrected chi connectivity index (χ0v) is 14.8. The standard InChI is InChI=1S/C19H19N3O4/c1-11-9-14(16-12(2)22-26-18(16)20-11)17(23)21-15(19(24)25-3)10-13-7-5-4-6-8-13/h4-9,15H,10H2,1-3H3,(H,21,23). The SMILES string of the molecule is COC(=O)C(Cc1ccccc1)NC(=O)c1cc(C)nc2onc(C)c12. The molecule has 0 saturated heterocycles. The van der Waals surface area contributed by atoms with Crippen molar-refractivity contribution < 1.29 is 18.8 Å². The largest absolute Gasteiger partial charge is 0.467 e. The van der Waals surface area contributed by atoms with Crippen molar-refractivity contribution in [2.75, 3.05) is 7.11 Å². The van der Waals surface area contributed by atoms with Gasteiger partial charge in [0.15, 0.2) is 0 Å². The van der Waals surface area contributed by atoms with Crippen molar-refractivity contribution in [2.45, 2.75) is 26.3 Å². The van der Waals surface area contributed by atoms with Crippen LogP contribution >= 0.6 is 0 Å². The van der Waals surface area contributed by atoms with Crippen LogP contribution in [-0.4, -0.2) is 35.2 Å². The van der Waals surface area contributed by atoms with Gasteiger partial charge in [0.05, 0.1) is 23.8 Å². The molecule has 2 heterocycles. The molecule has 1 amide bonds. The quantitative estimate of drug-likeness (QED) is 0.708. The molecule has 1 atom stereocenters. The van der Waals surface area contributed by atoms with Crippen molar-refractivity contribution in [3.63, 3.8) is 0 Å². The minimum Gasteiger partial charge on any atom is -0.467 e. The minimum absolute atomic E-state index is 0.297. The van der Waals surface area contributed by atoms with E-state index in [1.165, 1.54) is 7.11 Å². The van der Waals surface area contributed by atoms with Gasteiger partial charge in [0.25, 0.3) is 11.6 Å². The molecule has 0 saturated carbocycles. The second kappa shape index (κ2) is 7.35. The number of benzene rings is 1. The summed E-state index contributed by atoms with van der Waals surface area (Å²) in [5.74, 6) is -0.913. The van der Waals surface area contributed by atoms with Crippen LogP contribution in [0.1, 0.15) is 27.3 Å². The highest BCUT2D eigenvalue weighted by Gasteiger charge is 2.25. The van der Waals surface area contributed by atoms with E-state index in [4.69, 9.17) is 9.26 Å². The molecule has 7 heteroatoms. The third-order valence-corrected chi connectivity index (χ3v) is 4.06. The van der Waals surface area contributed by atoms with E-state index in [-0.39, 0.29) is 0 Å². The van der Waals surface area contributed by atoms with Crippen molar-refractivity contribution in [2.24, 2.45) is 0 Å². The maximum Gasteiger partial charge on any atom is 0.328 e. The molecule has 0 bridgehead atoms. The molecule has 0 radical (unpaired) electrons. The van der Waals surface area contributed by atoms with Crippen LogP contribution in [0.2, 0.25) is 0 Å². The van der Waals surface area contributed by atoms with Gasteiger partial charge in [-0.05, 0) is 25.5 Å². The minimum atomic E-state index is -0.807. The first-order valence-corrected chi connectivity index (χ1v) is 8.16. The average molecular weight is 353 g/mol. The van der Waals surface area contributed by atoms with Crippen LogP contribution in [0.3, 0.4) is 0 Å². The maximum atomic E-state index is 12.9. The number of carbonyl (C=O) groups excluding carboxylic acids is 2. The molecule has 0 aliphatic heterocycles. The van der Waals surface area contributed by atoms with Gasteiger partial charge in [-0.15, -0.1) is 0 Å². The lowest BCUT2D eigenvalue weighted by molar-refractivity contribution is -0.142. The number of nitrogens with one attached hydrogen (secondary N) is 1. The fraction of sp³-hybridized carbons (Fsp3) is 0.263. The predicted molar refractivity (Wildman–Crippen MR) is 94.7 cm³/mol. The number of pyridine rings is 1. The Morgan fingerprint density at radius 3 is 2.65 bits per heavy atom. The fourth-order valence-corrected chi connectivity index (χ4v) is 2.82. The highest BCUT2D eigenvalue weighted by Crippen LogP contribution is 2.22. The molecule has 2 aromatic heterocycles. The van der Waals surface area contributed by atoms with Crippen LogP contribution < -0.4 is 5.32 Å². The Labute approximate surface area is 150 Å². The number of nitrogens with zero attached hydrogens (tertiary/aromatic N) is 2. The summed E-state index contributed by atoms with van der Waals surface area (Å²) in [5.41, 5.74) is 2.77. The van der Waals surface area contributed by atoms with Crippen LogP contribution in [0, 0.1) is 13.8 Å². The van der Waals surface area contributed by atoms with E-state index in [0.29, 0.717) is 34.5 Å². The van der Waals surface area contributed by atoms with Crippen LogP contribution in [-0.2, 0) is 16.0 Å². The number of ether oxygens (including phenoxy) is 1. The number of rotatable bonds is 5. The molecule has 0 aliphatic carbocycles. The Hall–Kier alpha value is -3.22. The summed E-state index contributed by atoms with van der Waals surface area (Å²) in [6.07, 6.45) is 0.328. The zero-order valence-electron chi connectivity index (χ0n) is 14.8. The van der Waals surface area contributed by atoms with Gasteiger partial charge in [-0.2, -0.15) is 0 Å². The van der Waals surface area contributed by atoms with Crippen molar-refractivity contribution in [3.8, 4) is 0 Å². The summed E-state index contributed by atoms with van der Waals surface area (Å²) in [6, 6.07) is 10.3. The topological polar surface area (TPSA) is 94.3 Å². The van der Waals surface area contributed by atoms with E-state index in [9.17, 15) is 9.59 Å². The smallest absolute Gasteiger partial charge is 0.328 e. The first-order chi connectivity index (χ1) is 12.5. The molecule has 7 nitrogen and oxygen atoms in total. The fourth-order valence-electron chi connectivity index (χ4n) is 2.82. The van der Waals surface area contributed by atoms with E-state index in [1.807, 2.05) is 30.3 Å². The van der Waals surface area contributed by atoms with Crippen molar-refractivity contribution in [3.05, 3.63) is 58.9 Å². The first kappa shape index (κ1) is 17.6. The molecular weight excluding hydrogens is 334 g/mol. The lowest BCUT2D eigenvalue weighted by Crippen LogP contribution is -2.43. The van der Waals surface area contributed by atoms with Crippen LogP contribution in [0.5, 0.6) is 0 Å². The first-order valence-electron chi connectivity index (χ1n) is 8.16. The maximum absolute atomic E-state index is 12.9. The lowest BCUT2D eigenvalue weighted by Gasteiger charge is -2.17. The third kappa shape index (κ3) is 3.56. The van der Waals surface area contributed by atoms with Crippen LogP contribution in [0.15, 0.2) is 40.9 Å². The molecule has 0 aliphatic rings. The summed E-state index contributed by atoms with van der Waals surface area (Å²) >= 11 is 0. The molecule has 1 unspecified atom stereocenters. The molecule has 1 aromatic carbocycles. The zero-order chi connectivity index (χ0) is 18.7. The molecular formula is C19H19N3O4. The molecule has 26 heavy (non-hydrogen) atoms. The van der Waals surface area contributed by atoms with Crippen LogP contribution in [0.25, 0.3) is 11.1 Å². The van der Waals surface area contributed by atoms with Gasteiger partial charge in [-0.3, -0.25) is 4.79 Å². The number of aryl methyl sites for hydroxylation is 2. The van der Waals surface area contributed by atoms with Gasteiger partial charge >= 0.3 is 5.97 Å². The summed E-state index contributed by atoms with van der Waals surface area (Å²) in [4.78, 5) is 29.3. The van der Waals surface area contributed by atoms with E-state index in [0.717, 1.165) is 5.56 Å². The van der Waals surface area contributed by atoms with Gasteiger partial charge in [-0.25, -0.2) is 9.78 Å². The van der Waals surface area contributed by atoms with Crippen molar-refractivity contribution in [1.82, 2.24) is 15.5 Å². The molecule has 3 rings (SSSR count). The van der Waals surface area contributed by atoms with Gasteiger partial charge in [0.2, 0.25) is 0 Å². The average Bonchev–Trinajstić information content (AvgIpc) is 3.01. The van der Waals surface area contributed by atoms with E-state index in [2.05, 4.69) is 15.5 Å². The Balaban J connectivity index is 1.91. The monoisotopic (exact) mass is 353 g/mol. The number of esters is 1. The number of hydrogen-bond donors (Lipinski definition) is 1. The summed E-state index contributed by atoms with van der Waals surface area (Å²) in [5, 5.41) is 7.17. The molecule has 134 valence electrons. The number of hydrogen-bond acceptors (Lipinski definition) is 6. The van der Waals surface area contributed by atoms with Crippen molar-refractivity contribution >= 4 is 23.0 Å². The van der Waals surface area contributed by atoms with Gasteiger partial charge in [0.1, 0.15) is 6.04 Å². The Kier molecular flexibility index (Phi) is 4.97. The molecule has 0 spiro atoms. The molecule has 0 fully saturated rings.